The number of carbonyl (C=O) groups is 2. The summed E-state index contributed by atoms with van der Waals surface area (Å²) in [5, 5.41) is 2.70. The molecule has 0 fully saturated rings. The van der Waals surface area contributed by atoms with Crippen molar-refractivity contribution >= 4 is 27.5 Å². The topological polar surface area (TPSA) is 86.8 Å². The van der Waals surface area contributed by atoms with E-state index in [1.807, 2.05) is 86.6 Å². The van der Waals surface area contributed by atoms with E-state index in [1.165, 1.54) is 24.1 Å². The molecule has 4 aromatic carbocycles. The highest BCUT2D eigenvalue weighted by atomic mass is 32.2. The lowest BCUT2D eigenvalue weighted by atomic mass is 10.0. The Hall–Kier alpha value is -4.43. The van der Waals surface area contributed by atoms with E-state index >= 15 is 0 Å². The second kappa shape index (κ2) is 13.3. The van der Waals surface area contributed by atoms with Gasteiger partial charge in [-0.3, -0.25) is 13.9 Å². The van der Waals surface area contributed by atoms with Crippen LogP contribution < -0.4 is 9.62 Å². The number of likely N-dealkylation sites (N-methyl/N-ethyl adjacent to an activating group) is 1. The minimum Gasteiger partial charge on any atom is -0.357 e. The summed E-state index contributed by atoms with van der Waals surface area (Å²) in [6.45, 7) is 3.35. The molecule has 0 aromatic heterocycles. The highest BCUT2D eigenvalue weighted by molar-refractivity contribution is 7.92. The van der Waals surface area contributed by atoms with Gasteiger partial charge in [0, 0.05) is 20.0 Å². The molecule has 0 aliphatic carbocycles. The predicted molar refractivity (Wildman–Crippen MR) is 162 cm³/mol. The third kappa shape index (κ3) is 7.21. The van der Waals surface area contributed by atoms with Crippen molar-refractivity contribution in [3.63, 3.8) is 0 Å². The average molecular weight is 570 g/mol. The van der Waals surface area contributed by atoms with Crippen molar-refractivity contribution in [2.45, 2.75) is 37.8 Å². The van der Waals surface area contributed by atoms with Crippen LogP contribution in [0.4, 0.5) is 5.69 Å². The van der Waals surface area contributed by atoms with E-state index in [-0.39, 0.29) is 23.8 Å². The highest BCUT2D eigenvalue weighted by Gasteiger charge is 2.34. The molecule has 0 heterocycles. The standard InChI is InChI=1S/C33H35N3O4S/c1-25-19-20-26(2)30(21-25)36(41(39,40)29-17-11-6-12-18-29)24-32(37)35(23-28-15-9-5-10-16-28)31(33(38)34-3)22-27-13-7-4-8-14-27/h4-21,31H,22-24H2,1-3H3,(H,34,38)/t31-/m1/s1. The Balaban J connectivity index is 1.80. The van der Waals surface area contributed by atoms with E-state index in [0.29, 0.717) is 11.3 Å². The van der Waals surface area contributed by atoms with Gasteiger partial charge < -0.3 is 10.2 Å². The van der Waals surface area contributed by atoms with E-state index in [1.54, 1.807) is 24.3 Å². The number of aryl methyl sites for hydroxylation is 2. The summed E-state index contributed by atoms with van der Waals surface area (Å²) in [5.41, 5.74) is 3.70. The highest BCUT2D eigenvalue weighted by Crippen LogP contribution is 2.28. The smallest absolute Gasteiger partial charge is 0.264 e. The first-order valence-electron chi connectivity index (χ1n) is 13.4. The minimum absolute atomic E-state index is 0.0791. The lowest BCUT2D eigenvalue weighted by Gasteiger charge is -2.34. The number of carbonyl (C=O) groups excluding carboxylic acids is 2. The molecule has 4 rings (SSSR count). The first-order chi connectivity index (χ1) is 19.7. The molecule has 0 aliphatic rings. The Labute approximate surface area is 242 Å². The number of hydrogen-bond donors (Lipinski definition) is 1. The quantitative estimate of drug-likeness (QED) is 0.279. The Morgan fingerprint density at radius 3 is 1.93 bits per heavy atom. The molecule has 7 nitrogen and oxygen atoms in total. The molecule has 8 heteroatoms. The van der Waals surface area contributed by atoms with Crippen LogP contribution in [-0.2, 0) is 32.6 Å². The van der Waals surface area contributed by atoms with Crippen molar-refractivity contribution in [3.05, 3.63) is 131 Å². The maximum absolute atomic E-state index is 14.3. The van der Waals surface area contributed by atoms with Crippen LogP contribution in [0.25, 0.3) is 0 Å². The van der Waals surface area contributed by atoms with E-state index in [0.717, 1.165) is 21.0 Å². The fourth-order valence-electron chi connectivity index (χ4n) is 4.72. The lowest BCUT2D eigenvalue weighted by Crippen LogP contribution is -2.53. The second-order valence-electron chi connectivity index (χ2n) is 9.94. The Morgan fingerprint density at radius 2 is 1.34 bits per heavy atom. The van der Waals surface area contributed by atoms with Gasteiger partial charge in [-0.1, -0.05) is 91.0 Å². The maximum Gasteiger partial charge on any atom is 0.264 e. The summed E-state index contributed by atoms with van der Waals surface area (Å²) in [7, 11) is -2.58. The first kappa shape index (κ1) is 29.6. The molecule has 0 bridgehead atoms. The van der Waals surface area contributed by atoms with E-state index in [4.69, 9.17) is 0 Å². The number of rotatable bonds is 11. The first-order valence-corrected chi connectivity index (χ1v) is 14.9. The Bertz CT molecular complexity index is 1580. The van der Waals surface area contributed by atoms with Gasteiger partial charge in [0.15, 0.2) is 0 Å². The van der Waals surface area contributed by atoms with Crippen LogP contribution in [-0.4, -0.2) is 44.8 Å². The number of nitrogens with zero attached hydrogens (tertiary/aromatic N) is 2. The molecule has 212 valence electrons. The van der Waals surface area contributed by atoms with Gasteiger partial charge in [-0.15, -0.1) is 0 Å². The molecule has 41 heavy (non-hydrogen) atoms. The monoisotopic (exact) mass is 569 g/mol. The normalized spacial score (nSPS) is 11.9. The van der Waals surface area contributed by atoms with E-state index in [2.05, 4.69) is 5.32 Å². The van der Waals surface area contributed by atoms with Gasteiger partial charge in [-0.25, -0.2) is 8.42 Å². The third-order valence-electron chi connectivity index (χ3n) is 6.96. The molecule has 2 amide bonds. The summed E-state index contributed by atoms with van der Waals surface area (Å²) >= 11 is 0. The zero-order chi connectivity index (χ0) is 29.4. The molecule has 0 unspecified atom stereocenters. The number of sulfonamides is 1. The Kier molecular flexibility index (Phi) is 9.57. The molecule has 0 saturated heterocycles. The van der Waals surface area contributed by atoms with Crippen molar-refractivity contribution in [3.8, 4) is 0 Å². The molecular formula is C33H35N3O4S. The third-order valence-corrected chi connectivity index (χ3v) is 8.73. The van der Waals surface area contributed by atoms with Crippen LogP contribution in [0.5, 0.6) is 0 Å². The van der Waals surface area contributed by atoms with Crippen LogP contribution in [0.15, 0.2) is 114 Å². The summed E-state index contributed by atoms with van der Waals surface area (Å²) in [6, 6.07) is 31.6. The van der Waals surface area contributed by atoms with Crippen molar-refractivity contribution in [2.75, 3.05) is 17.9 Å². The van der Waals surface area contributed by atoms with Crippen LogP contribution in [0.2, 0.25) is 0 Å². The molecule has 0 aliphatic heterocycles. The average Bonchev–Trinajstić information content (AvgIpc) is 3.00. The molecule has 1 N–H and O–H groups in total. The Morgan fingerprint density at radius 1 is 0.780 bits per heavy atom. The van der Waals surface area contributed by atoms with Gasteiger partial charge in [0.25, 0.3) is 10.0 Å². The number of amides is 2. The molecule has 0 radical (unpaired) electrons. The molecule has 0 spiro atoms. The van der Waals surface area contributed by atoms with Gasteiger partial charge in [-0.05, 0) is 54.3 Å². The van der Waals surface area contributed by atoms with Crippen molar-refractivity contribution < 1.29 is 18.0 Å². The van der Waals surface area contributed by atoms with E-state index < -0.39 is 28.5 Å². The largest absolute Gasteiger partial charge is 0.357 e. The molecule has 0 saturated carbocycles. The van der Waals surface area contributed by atoms with Gasteiger partial charge in [0.1, 0.15) is 12.6 Å². The zero-order valence-corrected chi connectivity index (χ0v) is 24.3. The van der Waals surface area contributed by atoms with Crippen LogP contribution in [0.3, 0.4) is 0 Å². The van der Waals surface area contributed by atoms with Crippen molar-refractivity contribution in [1.82, 2.24) is 10.2 Å². The van der Waals surface area contributed by atoms with Crippen molar-refractivity contribution in [2.24, 2.45) is 0 Å². The van der Waals surface area contributed by atoms with Crippen LogP contribution in [0.1, 0.15) is 22.3 Å². The van der Waals surface area contributed by atoms with Gasteiger partial charge in [0.05, 0.1) is 10.6 Å². The summed E-state index contributed by atoms with van der Waals surface area (Å²) in [4.78, 5) is 29.2. The number of anilines is 1. The van der Waals surface area contributed by atoms with E-state index in [9.17, 15) is 18.0 Å². The number of benzene rings is 4. The number of hydrogen-bond acceptors (Lipinski definition) is 4. The second-order valence-corrected chi connectivity index (χ2v) is 11.8. The minimum atomic E-state index is -4.12. The van der Waals surface area contributed by atoms with Crippen LogP contribution in [0, 0.1) is 13.8 Å². The maximum atomic E-state index is 14.3. The van der Waals surface area contributed by atoms with Crippen LogP contribution >= 0.6 is 0 Å². The van der Waals surface area contributed by atoms with Gasteiger partial charge in [0.2, 0.25) is 11.8 Å². The summed E-state index contributed by atoms with van der Waals surface area (Å²) < 4.78 is 29.2. The fraction of sp³-hybridized carbons (Fsp3) is 0.212. The molecule has 1 atom stereocenters. The predicted octanol–water partition coefficient (Wildman–Crippen LogP) is 4.88. The molecular weight excluding hydrogens is 534 g/mol. The molecule has 4 aromatic rings. The lowest BCUT2D eigenvalue weighted by molar-refractivity contribution is -0.139. The van der Waals surface area contributed by atoms with Gasteiger partial charge >= 0.3 is 0 Å². The van der Waals surface area contributed by atoms with Gasteiger partial charge in [-0.2, -0.15) is 0 Å². The fourth-order valence-corrected chi connectivity index (χ4v) is 6.21. The SMILES string of the molecule is CNC(=O)[C@@H](Cc1ccccc1)N(Cc1ccccc1)C(=O)CN(c1cc(C)ccc1C)S(=O)(=O)c1ccccc1. The summed E-state index contributed by atoms with van der Waals surface area (Å²) in [6.07, 6.45) is 0.272. The van der Waals surface area contributed by atoms with Crippen molar-refractivity contribution in [1.29, 1.82) is 0 Å². The summed E-state index contributed by atoms with van der Waals surface area (Å²) in [5.74, 6) is -0.818. The number of nitrogens with one attached hydrogen (secondary N) is 1. The zero-order valence-electron chi connectivity index (χ0n) is 23.5.